The molecule has 2 aromatic carbocycles. The zero-order valence-corrected chi connectivity index (χ0v) is 23.2. The maximum Gasteiger partial charge on any atom is 0.339 e. The van der Waals surface area contributed by atoms with E-state index in [9.17, 15) is 24.6 Å². The van der Waals surface area contributed by atoms with Gasteiger partial charge in [0, 0.05) is 18.7 Å². The van der Waals surface area contributed by atoms with Gasteiger partial charge in [-0.3, -0.25) is 14.5 Å². The number of carboxylic acids is 2. The summed E-state index contributed by atoms with van der Waals surface area (Å²) in [5.74, 6) is -2.59. The molecule has 0 bridgehead atoms. The molecule has 1 aliphatic heterocycles. The Bertz CT molecular complexity index is 1400. The summed E-state index contributed by atoms with van der Waals surface area (Å²) in [7, 11) is 0. The topological polar surface area (TPSA) is 115 Å². The number of rotatable bonds is 7. The van der Waals surface area contributed by atoms with E-state index in [1.165, 1.54) is 29.3 Å². The molecule has 1 heterocycles. The molecule has 7 nitrogen and oxygen atoms in total. The lowest BCUT2D eigenvalue weighted by molar-refractivity contribution is -0.142. The first-order valence-corrected chi connectivity index (χ1v) is 13.4. The van der Waals surface area contributed by atoms with Gasteiger partial charge < -0.3 is 15.3 Å². The standard InChI is InChI=1S/C32H37NO6/c1-19(29(36)37)33-14-10-21(11-15-33)24-17-22(18-25-28(24)32(4,5)13-12-31(25,2)3)26(34)9-7-20-6-8-23(30(38)39)27(35)16-20/h6-10,16-19,35H,11-15H2,1-5H3,(H,36,37)(H,38,39)/b9-7+. The van der Waals surface area contributed by atoms with Crippen molar-refractivity contribution in [3.05, 3.63) is 75.9 Å². The second-order valence-corrected chi connectivity index (χ2v) is 12.0. The van der Waals surface area contributed by atoms with Crippen LogP contribution >= 0.6 is 0 Å². The molecule has 0 saturated heterocycles. The van der Waals surface area contributed by atoms with Crippen molar-refractivity contribution in [2.45, 2.75) is 70.8 Å². The Balaban J connectivity index is 1.75. The van der Waals surface area contributed by atoms with Crippen LogP contribution in [0.3, 0.4) is 0 Å². The summed E-state index contributed by atoms with van der Waals surface area (Å²) in [6.45, 7) is 11.8. The van der Waals surface area contributed by atoms with E-state index in [0.29, 0.717) is 30.6 Å². The molecule has 2 aliphatic rings. The molecule has 1 aliphatic carbocycles. The molecule has 0 fully saturated rings. The number of aromatic hydroxyl groups is 1. The van der Waals surface area contributed by atoms with E-state index in [2.05, 4.69) is 33.8 Å². The van der Waals surface area contributed by atoms with Gasteiger partial charge in [0.1, 0.15) is 17.4 Å². The van der Waals surface area contributed by atoms with Crippen LogP contribution in [0.25, 0.3) is 11.6 Å². The number of carboxylic acid groups (broad SMARTS) is 2. The molecule has 4 rings (SSSR count). The number of carbonyl (C=O) groups is 3. The number of aliphatic carboxylic acids is 1. The quantitative estimate of drug-likeness (QED) is 0.301. The molecule has 39 heavy (non-hydrogen) atoms. The summed E-state index contributed by atoms with van der Waals surface area (Å²) in [4.78, 5) is 38.1. The SMILES string of the molecule is CC(C(=O)O)N1CC=C(c2cc(C(=O)/C=C/c3ccc(C(=O)O)c(O)c3)cc3c2C(C)(C)CCC3(C)C)CC1. The predicted molar refractivity (Wildman–Crippen MR) is 151 cm³/mol. The van der Waals surface area contributed by atoms with Crippen LogP contribution in [0.5, 0.6) is 5.75 Å². The number of ketones is 1. The first kappa shape index (κ1) is 28.3. The fourth-order valence-electron chi connectivity index (χ4n) is 5.72. The normalized spacial score (nSPS) is 19.3. The van der Waals surface area contributed by atoms with Gasteiger partial charge in [-0.05, 0) is 95.2 Å². The fraction of sp³-hybridized carbons (Fsp3) is 0.406. The van der Waals surface area contributed by atoms with Crippen LogP contribution in [-0.2, 0) is 15.6 Å². The number of nitrogens with zero attached hydrogens (tertiary/aromatic N) is 1. The first-order chi connectivity index (χ1) is 18.2. The monoisotopic (exact) mass is 531 g/mol. The zero-order valence-electron chi connectivity index (χ0n) is 23.2. The van der Waals surface area contributed by atoms with Crippen molar-refractivity contribution in [2.24, 2.45) is 0 Å². The maximum absolute atomic E-state index is 13.5. The van der Waals surface area contributed by atoms with Crippen LogP contribution in [0.2, 0.25) is 0 Å². The minimum Gasteiger partial charge on any atom is -0.507 e. The number of carbonyl (C=O) groups excluding carboxylic acids is 1. The van der Waals surface area contributed by atoms with Gasteiger partial charge in [-0.2, -0.15) is 0 Å². The summed E-state index contributed by atoms with van der Waals surface area (Å²) >= 11 is 0. The van der Waals surface area contributed by atoms with E-state index in [0.717, 1.165) is 24.0 Å². The van der Waals surface area contributed by atoms with Crippen LogP contribution < -0.4 is 0 Å². The largest absolute Gasteiger partial charge is 0.507 e. The molecule has 206 valence electrons. The molecular weight excluding hydrogens is 494 g/mol. The van der Waals surface area contributed by atoms with Crippen molar-refractivity contribution >= 4 is 29.4 Å². The van der Waals surface area contributed by atoms with E-state index < -0.39 is 18.0 Å². The Morgan fingerprint density at radius 3 is 2.28 bits per heavy atom. The molecule has 3 N–H and O–H groups in total. The van der Waals surface area contributed by atoms with Crippen molar-refractivity contribution in [1.29, 1.82) is 0 Å². The molecule has 0 radical (unpaired) electrons. The Labute approximate surface area is 229 Å². The van der Waals surface area contributed by atoms with Gasteiger partial charge >= 0.3 is 11.9 Å². The summed E-state index contributed by atoms with van der Waals surface area (Å²) in [6, 6.07) is 7.62. The predicted octanol–water partition coefficient (Wildman–Crippen LogP) is 5.90. The van der Waals surface area contributed by atoms with Gasteiger partial charge in [-0.15, -0.1) is 0 Å². The molecule has 1 atom stereocenters. The molecular formula is C32H37NO6. The van der Waals surface area contributed by atoms with Gasteiger partial charge in [0.25, 0.3) is 0 Å². The Morgan fingerprint density at radius 1 is 1.00 bits per heavy atom. The third-order valence-corrected chi connectivity index (χ3v) is 8.37. The van der Waals surface area contributed by atoms with E-state index in [-0.39, 0.29) is 27.9 Å². The summed E-state index contributed by atoms with van der Waals surface area (Å²) in [6.07, 6.45) is 7.85. The molecule has 2 aromatic rings. The van der Waals surface area contributed by atoms with Crippen LogP contribution in [-0.4, -0.2) is 57.1 Å². The van der Waals surface area contributed by atoms with E-state index in [1.807, 2.05) is 17.0 Å². The summed E-state index contributed by atoms with van der Waals surface area (Å²) in [5, 5.41) is 28.6. The van der Waals surface area contributed by atoms with Crippen molar-refractivity contribution in [3.8, 4) is 5.75 Å². The summed E-state index contributed by atoms with van der Waals surface area (Å²) < 4.78 is 0. The average Bonchev–Trinajstić information content (AvgIpc) is 2.88. The molecule has 7 heteroatoms. The molecule has 0 spiro atoms. The second-order valence-electron chi connectivity index (χ2n) is 12.0. The van der Waals surface area contributed by atoms with Crippen molar-refractivity contribution < 1.29 is 29.7 Å². The molecule has 0 aromatic heterocycles. The second kappa shape index (κ2) is 10.5. The highest BCUT2D eigenvalue weighted by Crippen LogP contribution is 2.49. The summed E-state index contributed by atoms with van der Waals surface area (Å²) in [5.41, 5.74) is 5.34. The highest BCUT2D eigenvalue weighted by Gasteiger charge is 2.40. The Morgan fingerprint density at radius 2 is 1.69 bits per heavy atom. The third kappa shape index (κ3) is 5.69. The molecule has 0 saturated carbocycles. The minimum atomic E-state index is -1.22. The fourth-order valence-corrected chi connectivity index (χ4v) is 5.72. The number of fused-ring (bicyclic) bond motifs is 1. The maximum atomic E-state index is 13.5. The minimum absolute atomic E-state index is 0.0760. The van der Waals surface area contributed by atoms with Crippen LogP contribution in [0.4, 0.5) is 0 Å². The lowest BCUT2D eigenvalue weighted by Crippen LogP contribution is -2.41. The van der Waals surface area contributed by atoms with Gasteiger partial charge in [-0.1, -0.05) is 45.9 Å². The number of phenols is 1. The number of hydrogen-bond acceptors (Lipinski definition) is 5. The van der Waals surface area contributed by atoms with Gasteiger partial charge in [0.05, 0.1) is 0 Å². The number of allylic oxidation sites excluding steroid dienone is 1. The first-order valence-electron chi connectivity index (χ1n) is 13.4. The van der Waals surface area contributed by atoms with E-state index >= 15 is 0 Å². The highest BCUT2D eigenvalue weighted by atomic mass is 16.4. The lowest BCUT2D eigenvalue weighted by Gasteiger charge is -2.44. The number of hydrogen-bond donors (Lipinski definition) is 3. The van der Waals surface area contributed by atoms with Crippen molar-refractivity contribution in [3.63, 3.8) is 0 Å². The number of benzene rings is 2. The highest BCUT2D eigenvalue weighted by molar-refractivity contribution is 6.07. The third-order valence-electron chi connectivity index (χ3n) is 8.37. The van der Waals surface area contributed by atoms with Crippen LogP contribution in [0.1, 0.15) is 96.9 Å². The van der Waals surface area contributed by atoms with Crippen LogP contribution in [0.15, 0.2) is 42.5 Å². The van der Waals surface area contributed by atoms with Crippen molar-refractivity contribution in [1.82, 2.24) is 4.90 Å². The van der Waals surface area contributed by atoms with Gasteiger partial charge in [0.15, 0.2) is 5.78 Å². The van der Waals surface area contributed by atoms with E-state index in [4.69, 9.17) is 5.11 Å². The van der Waals surface area contributed by atoms with E-state index in [1.54, 1.807) is 19.1 Å². The Hall–Kier alpha value is -3.71. The van der Waals surface area contributed by atoms with Gasteiger partial charge in [0.2, 0.25) is 0 Å². The molecule has 1 unspecified atom stereocenters. The zero-order chi connectivity index (χ0) is 28.7. The van der Waals surface area contributed by atoms with Crippen molar-refractivity contribution in [2.75, 3.05) is 13.1 Å². The Kier molecular flexibility index (Phi) is 7.59. The van der Waals surface area contributed by atoms with Gasteiger partial charge in [-0.25, -0.2) is 4.79 Å². The molecule has 0 amide bonds. The lowest BCUT2D eigenvalue weighted by atomic mass is 9.61. The number of aromatic carboxylic acids is 1. The van der Waals surface area contributed by atoms with Crippen LogP contribution in [0, 0.1) is 0 Å². The smallest absolute Gasteiger partial charge is 0.339 e. The average molecular weight is 532 g/mol.